The van der Waals surface area contributed by atoms with E-state index in [0.717, 1.165) is 56.6 Å². The van der Waals surface area contributed by atoms with Crippen LogP contribution in [0.1, 0.15) is 35.7 Å². The van der Waals surface area contributed by atoms with Gasteiger partial charge in [-0.3, -0.25) is 14.9 Å². The fourth-order valence-electron chi connectivity index (χ4n) is 4.10. The number of aromatic nitrogens is 5. The van der Waals surface area contributed by atoms with Crippen LogP contribution in [0.2, 0.25) is 0 Å². The molecule has 31 heavy (non-hydrogen) atoms. The zero-order valence-electron chi connectivity index (χ0n) is 17.9. The largest absolute Gasteiger partial charge is 0.341 e. The second kappa shape index (κ2) is 9.36. The molecular formula is C21H28N8O2. The average Bonchev–Trinajstić information content (AvgIpc) is 3.18. The van der Waals surface area contributed by atoms with Crippen LogP contribution in [0, 0.1) is 5.92 Å². The van der Waals surface area contributed by atoms with E-state index in [1.807, 2.05) is 7.05 Å². The van der Waals surface area contributed by atoms with Crippen molar-refractivity contribution in [1.29, 1.82) is 0 Å². The van der Waals surface area contributed by atoms with Gasteiger partial charge in [-0.05, 0) is 43.0 Å². The lowest BCUT2D eigenvalue weighted by Gasteiger charge is -2.34. The number of anilines is 1. The second-order valence-corrected chi connectivity index (χ2v) is 8.01. The van der Waals surface area contributed by atoms with E-state index in [1.165, 1.54) is 18.0 Å². The van der Waals surface area contributed by atoms with Crippen LogP contribution in [0.3, 0.4) is 0 Å². The molecule has 0 unspecified atom stereocenters. The quantitative estimate of drug-likeness (QED) is 0.435. The lowest BCUT2D eigenvalue weighted by molar-refractivity contribution is 0.0705. The summed E-state index contributed by atoms with van der Waals surface area (Å²) in [6.45, 7) is 6.93. The standard InChI is InChI=1S/C21H28N8O2/c1-3-28(14-16-4-5-19-18(10-16)24-26-27(19)2)13-15-6-8-29(9-7-15)21-22-11-17(12-23-21)20(30)25-31/h4-5,10-12,15,31H,3,6-9,13-14H2,1-2H3,(H,25,30). The number of nitrogens with zero attached hydrogens (tertiary/aromatic N) is 7. The Morgan fingerprint density at radius 1 is 1.26 bits per heavy atom. The highest BCUT2D eigenvalue weighted by Gasteiger charge is 2.23. The van der Waals surface area contributed by atoms with Gasteiger partial charge in [0.25, 0.3) is 5.91 Å². The van der Waals surface area contributed by atoms with Gasteiger partial charge in [0.05, 0.1) is 11.1 Å². The number of rotatable bonds is 7. The van der Waals surface area contributed by atoms with Crippen LogP contribution in [0.15, 0.2) is 30.6 Å². The summed E-state index contributed by atoms with van der Waals surface area (Å²) in [6, 6.07) is 6.38. The van der Waals surface area contributed by atoms with Crippen molar-refractivity contribution in [2.75, 3.05) is 31.1 Å². The number of carbonyl (C=O) groups excluding carboxylic acids is 1. The highest BCUT2D eigenvalue weighted by molar-refractivity contribution is 5.92. The number of aryl methyl sites for hydroxylation is 1. The molecule has 1 aliphatic heterocycles. The van der Waals surface area contributed by atoms with Crippen LogP contribution in [0.25, 0.3) is 11.0 Å². The summed E-state index contributed by atoms with van der Waals surface area (Å²) in [6.07, 6.45) is 5.02. The minimum Gasteiger partial charge on any atom is -0.341 e. The summed E-state index contributed by atoms with van der Waals surface area (Å²) in [5.74, 6) is 0.636. The van der Waals surface area contributed by atoms with Gasteiger partial charge in [0.15, 0.2) is 0 Å². The minimum atomic E-state index is -0.608. The number of hydroxylamine groups is 1. The van der Waals surface area contributed by atoms with Crippen LogP contribution in [0.4, 0.5) is 5.95 Å². The van der Waals surface area contributed by atoms with Gasteiger partial charge in [-0.1, -0.05) is 18.2 Å². The topological polar surface area (TPSA) is 112 Å². The molecule has 1 saturated heterocycles. The van der Waals surface area contributed by atoms with E-state index in [2.05, 4.69) is 55.2 Å². The maximum absolute atomic E-state index is 11.4. The Hall–Kier alpha value is -3.11. The lowest BCUT2D eigenvalue weighted by atomic mass is 9.96. The molecular weight excluding hydrogens is 396 g/mol. The molecule has 2 N–H and O–H groups in total. The van der Waals surface area contributed by atoms with Crippen LogP contribution >= 0.6 is 0 Å². The molecule has 1 fully saturated rings. The van der Waals surface area contributed by atoms with Crippen molar-refractivity contribution in [2.45, 2.75) is 26.3 Å². The molecule has 0 atom stereocenters. The van der Waals surface area contributed by atoms with Gasteiger partial charge in [0.1, 0.15) is 5.52 Å². The van der Waals surface area contributed by atoms with Gasteiger partial charge >= 0.3 is 0 Å². The summed E-state index contributed by atoms with van der Waals surface area (Å²) in [7, 11) is 1.91. The molecule has 10 nitrogen and oxygen atoms in total. The number of hydrogen-bond acceptors (Lipinski definition) is 8. The highest BCUT2D eigenvalue weighted by atomic mass is 16.5. The molecule has 3 heterocycles. The molecule has 1 aliphatic rings. The van der Waals surface area contributed by atoms with Gasteiger partial charge in [-0.15, -0.1) is 5.10 Å². The van der Waals surface area contributed by atoms with Crippen LogP contribution < -0.4 is 10.4 Å². The fraction of sp³-hybridized carbons (Fsp3) is 0.476. The summed E-state index contributed by atoms with van der Waals surface area (Å²) < 4.78 is 1.79. The van der Waals surface area contributed by atoms with Crippen LogP contribution in [-0.2, 0) is 13.6 Å². The summed E-state index contributed by atoms with van der Waals surface area (Å²) >= 11 is 0. The van der Waals surface area contributed by atoms with Gasteiger partial charge < -0.3 is 4.90 Å². The van der Waals surface area contributed by atoms with Crippen molar-refractivity contribution in [2.24, 2.45) is 13.0 Å². The Kier molecular flexibility index (Phi) is 6.38. The fourth-order valence-corrected chi connectivity index (χ4v) is 4.10. The second-order valence-electron chi connectivity index (χ2n) is 8.01. The Bertz CT molecular complexity index is 1030. The van der Waals surface area contributed by atoms with E-state index >= 15 is 0 Å². The van der Waals surface area contributed by atoms with E-state index in [9.17, 15) is 4.79 Å². The zero-order chi connectivity index (χ0) is 21.8. The summed E-state index contributed by atoms with van der Waals surface area (Å²) in [5.41, 5.74) is 5.07. The summed E-state index contributed by atoms with van der Waals surface area (Å²) in [4.78, 5) is 24.6. The van der Waals surface area contributed by atoms with Crippen molar-refractivity contribution in [3.8, 4) is 0 Å². The maximum Gasteiger partial charge on any atom is 0.277 e. The molecule has 0 bridgehead atoms. The Balaban J connectivity index is 1.31. The van der Waals surface area contributed by atoms with E-state index in [4.69, 9.17) is 5.21 Å². The Morgan fingerprint density at radius 3 is 2.68 bits per heavy atom. The molecule has 0 aliphatic carbocycles. The van der Waals surface area contributed by atoms with Gasteiger partial charge in [-0.2, -0.15) is 0 Å². The monoisotopic (exact) mass is 424 g/mol. The van der Waals surface area contributed by atoms with Crippen LogP contribution in [-0.4, -0.2) is 67.2 Å². The van der Waals surface area contributed by atoms with Crippen molar-refractivity contribution < 1.29 is 10.0 Å². The third-order valence-corrected chi connectivity index (χ3v) is 5.94. The third-order valence-electron chi connectivity index (χ3n) is 5.94. The SMILES string of the molecule is CCN(Cc1ccc2c(c1)nnn2C)CC1CCN(c2ncc(C(=O)NO)cn2)CC1. The van der Waals surface area contributed by atoms with E-state index < -0.39 is 5.91 Å². The molecule has 0 saturated carbocycles. The highest BCUT2D eigenvalue weighted by Crippen LogP contribution is 2.22. The number of hydrogen-bond donors (Lipinski definition) is 2. The molecule has 1 amide bonds. The molecule has 0 radical (unpaired) electrons. The summed E-state index contributed by atoms with van der Waals surface area (Å²) in [5, 5.41) is 17.0. The number of carbonyl (C=O) groups is 1. The molecule has 164 valence electrons. The smallest absolute Gasteiger partial charge is 0.277 e. The first-order chi connectivity index (χ1) is 15.1. The molecule has 3 aromatic rings. The normalized spacial score (nSPS) is 15.0. The Labute approximate surface area is 180 Å². The van der Waals surface area contributed by atoms with E-state index in [0.29, 0.717) is 11.9 Å². The van der Waals surface area contributed by atoms with Gasteiger partial charge in [0.2, 0.25) is 5.95 Å². The third kappa shape index (κ3) is 4.80. The van der Waals surface area contributed by atoms with Gasteiger partial charge in [0, 0.05) is 45.6 Å². The first-order valence-electron chi connectivity index (χ1n) is 10.6. The predicted octanol–water partition coefficient (Wildman–Crippen LogP) is 1.62. The maximum atomic E-state index is 11.4. The van der Waals surface area contributed by atoms with Crippen LogP contribution in [0.5, 0.6) is 0 Å². The molecule has 1 aromatic carbocycles. The first kappa shape index (κ1) is 21.1. The zero-order valence-corrected chi connectivity index (χ0v) is 17.9. The molecule has 0 spiro atoms. The average molecular weight is 425 g/mol. The van der Waals surface area contributed by atoms with E-state index in [1.54, 1.807) is 10.2 Å². The van der Waals surface area contributed by atoms with Crippen molar-refractivity contribution in [3.05, 3.63) is 41.7 Å². The number of amides is 1. The minimum absolute atomic E-state index is 0.236. The molecule has 10 heteroatoms. The van der Waals surface area contributed by atoms with Crippen molar-refractivity contribution in [1.82, 2.24) is 35.3 Å². The van der Waals surface area contributed by atoms with Crippen molar-refractivity contribution in [3.63, 3.8) is 0 Å². The van der Waals surface area contributed by atoms with Gasteiger partial charge in [-0.25, -0.2) is 20.1 Å². The molecule has 4 rings (SSSR count). The van der Waals surface area contributed by atoms with E-state index in [-0.39, 0.29) is 5.56 Å². The number of benzene rings is 1. The predicted molar refractivity (Wildman–Crippen MR) is 116 cm³/mol. The number of piperidine rings is 1. The lowest BCUT2D eigenvalue weighted by Crippen LogP contribution is -2.39. The first-order valence-corrected chi connectivity index (χ1v) is 10.6. The molecule has 2 aromatic heterocycles. The van der Waals surface area contributed by atoms with Crippen molar-refractivity contribution >= 4 is 22.9 Å². The number of fused-ring (bicyclic) bond motifs is 1. The number of nitrogens with one attached hydrogen (secondary N) is 1. The Morgan fingerprint density at radius 2 is 2.00 bits per heavy atom.